The Morgan fingerprint density at radius 1 is 1.50 bits per heavy atom. The van der Waals surface area contributed by atoms with Crippen molar-refractivity contribution in [3.8, 4) is 0 Å². The van der Waals surface area contributed by atoms with Crippen LogP contribution in [0.25, 0.3) is 0 Å². The van der Waals surface area contributed by atoms with Crippen molar-refractivity contribution in [2.75, 3.05) is 19.8 Å². The fourth-order valence-corrected chi connectivity index (χ4v) is 1.43. The van der Waals surface area contributed by atoms with Crippen LogP contribution in [0, 0.1) is 0 Å². The normalized spacial score (nSPS) is 17.6. The van der Waals surface area contributed by atoms with Crippen LogP contribution in [0.4, 0.5) is 0 Å². The largest absolute Gasteiger partial charge is 0.462 e. The summed E-state index contributed by atoms with van der Waals surface area (Å²) in [7, 11) is 0. The molecule has 1 aliphatic heterocycles. The summed E-state index contributed by atoms with van der Waals surface area (Å²) < 4.78 is 15.6. The van der Waals surface area contributed by atoms with E-state index in [0.717, 1.165) is 12.8 Å². The molecule has 0 bridgehead atoms. The third-order valence-corrected chi connectivity index (χ3v) is 2.25. The molecule has 90 valence electrons. The second-order valence-electron chi connectivity index (χ2n) is 3.64. The quantitative estimate of drug-likeness (QED) is 0.407. The topological polar surface area (TPSA) is 44.8 Å². The monoisotopic (exact) mass is 226 g/mol. The van der Waals surface area contributed by atoms with Crippen LogP contribution in [-0.2, 0) is 19.0 Å². The van der Waals surface area contributed by atoms with Crippen LogP contribution in [-0.4, -0.2) is 31.6 Å². The zero-order valence-electron chi connectivity index (χ0n) is 9.82. The summed E-state index contributed by atoms with van der Waals surface area (Å²) >= 11 is 0. The number of hydrogen-bond acceptors (Lipinski definition) is 4. The molecule has 4 heteroatoms. The molecule has 1 aliphatic rings. The minimum Gasteiger partial charge on any atom is -0.462 e. The molecule has 0 aromatic carbocycles. The van der Waals surface area contributed by atoms with Gasteiger partial charge in [-0.15, -0.1) is 5.73 Å². The van der Waals surface area contributed by atoms with E-state index in [1.807, 2.05) is 6.92 Å². The molecule has 0 aromatic rings. The van der Waals surface area contributed by atoms with E-state index in [0.29, 0.717) is 19.8 Å². The summed E-state index contributed by atoms with van der Waals surface area (Å²) in [5.74, 6) is -0.833. The Morgan fingerprint density at radius 3 is 2.81 bits per heavy atom. The summed E-state index contributed by atoms with van der Waals surface area (Å²) in [6.07, 6.45) is 4.60. The Morgan fingerprint density at radius 2 is 2.19 bits per heavy atom. The minimum atomic E-state index is -0.470. The van der Waals surface area contributed by atoms with Gasteiger partial charge < -0.3 is 14.2 Å². The number of rotatable bonds is 5. The smallest absolute Gasteiger partial charge is 0.338 e. The van der Waals surface area contributed by atoms with Crippen molar-refractivity contribution in [3.05, 3.63) is 17.9 Å². The van der Waals surface area contributed by atoms with Gasteiger partial charge in [-0.3, -0.25) is 0 Å². The third kappa shape index (κ3) is 4.62. The van der Waals surface area contributed by atoms with Gasteiger partial charge >= 0.3 is 5.97 Å². The van der Waals surface area contributed by atoms with Crippen molar-refractivity contribution >= 4 is 5.97 Å². The number of carbonyl (C=O) groups is 1. The maximum atomic E-state index is 10.9. The van der Waals surface area contributed by atoms with Gasteiger partial charge in [0.25, 0.3) is 0 Å². The van der Waals surface area contributed by atoms with Crippen LogP contribution in [0.3, 0.4) is 0 Å². The predicted molar refractivity (Wildman–Crippen MR) is 58.8 cm³/mol. The lowest BCUT2D eigenvalue weighted by Gasteiger charge is -2.20. The number of hydrogen-bond donors (Lipinski definition) is 0. The highest BCUT2D eigenvalue weighted by Gasteiger charge is 2.29. The van der Waals surface area contributed by atoms with E-state index < -0.39 is 5.79 Å². The predicted octanol–water partition coefficient (Wildman–Crippen LogP) is 1.80. The Balaban J connectivity index is 2.24. The van der Waals surface area contributed by atoms with E-state index in [1.165, 1.54) is 6.08 Å². The second kappa shape index (κ2) is 6.48. The van der Waals surface area contributed by atoms with E-state index >= 15 is 0 Å². The van der Waals surface area contributed by atoms with Gasteiger partial charge in [-0.05, 0) is 26.3 Å². The van der Waals surface area contributed by atoms with Gasteiger partial charge in [0.1, 0.15) is 0 Å². The minimum absolute atomic E-state index is 0.363. The Kier molecular flexibility index (Phi) is 5.26. The highest BCUT2D eigenvalue weighted by molar-refractivity contribution is 5.81. The molecule has 0 spiro atoms. The van der Waals surface area contributed by atoms with Crippen molar-refractivity contribution in [1.29, 1.82) is 0 Å². The van der Waals surface area contributed by atoms with Gasteiger partial charge in [-0.1, -0.05) is 0 Å². The molecular weight excluding hydrogens is 208 g/mol. The average molecular weight is 226 g/mol. The van der Waals surface area contributed by atoms with E-state index in [9.17, 15) is 4.79 Å². The van der Waals surface area contributed by atoms with Crippen molar-refractivity contribution in [2.45, 2.75) is 32.5 Å². The standard InChI is InChI=1S/C12H18O4/c1-3-14-11(13)7-5-4-6-8-12(2)15-9-10-16-12/h4,7H,3,6,8-10H2,1-2H3. The van der Waals surface area contributed by atoms with Gasteiger partial charge in [0.05, 0.1) is 25.9 Å². The average Bonchev–Trinajstić information content (AvgIpc) is 2.65. The third-order valence-electron chi connectivity index (χ3n) is 2.25. The lowest BCUT2D eigenvalue weighted by Crippen LogP contribution is -2.24. The lowest BCUT2D eigenvalue weighted by atomic mass is 10.1. The molecule has 0 aromatic heterocycles. The van der Waals surface area contributed by atoms with Gasteiger partial charge in [0.2, 0.25) is 0 Å². The first-order valence-electron chi connectivity index (χ1n) is 5.52. The molecule has 0 amide bonds. The van der Waals surface area contributed by atoms with Crippen LogP contribution in [0.5, 0.6) is 0 Å². The Hall–Kier alpha value is -1.09. The van der Waals surface area contributed by atoms with E-state index in [1.54, 1.807) is 13.0 Å². The second-order valence-corrected chi connectivity index (χ2v) is 3.64. The van der Waals surface area contributed by atoms with Crippen molar-refractivity contribution in [2.24, 2.45) is 0 Å². The first-order valence-corrected chi connectivity index (χ1v) is 5.52. The van der Waals surface area contributed by atoms with Gasteiger partial charge in [-0.25, -0.2) is 4.79 Å². The molecule has 4 nitrogen and oxygen atoms in total. The number of ether oxygens (including phenoxy) is 3. The molecule has 0 N–H and O–H groups in total. The fraction of sp³-hybridized carbons (Fsp3) is 0.667. The fourth-order valence-electron chi connectivity index (χ4n) is 1.43. The van der Waals surface area contributed by atoms with Crippen LogP contribution < -0.4 is 0 Å². The van der Waals surface area contributed by atoms with Crippen molar-refractivity contribution in [1.82, 2.24) is 0 Å². The van der Waals surface area contributed by atoms with E-state index in [4.69, 9.17) is 14.2 Å². The first kappa shape index (κ1) is 13.0. The van der Waals surface area contributed by atoms with Gasteiger partial charge in [0, 0.05) is 6.42 Å². The molecule has 0 saturated carbocycles. The summed E-state index contributed by atoms with van der Waals surface area (Å²) in [5, 5.41) is 0. The molecule has 0 unspecified atom stereocenters. The molecule has 0 aliphatic carbocycles. The highest BCUT2D eigenvalue weighted by Crippen LogP contribution is 2.23. The van der Waals surface area contributed by atoms with E-state index in [2.05, 4.69) is 5.73 Å². The first-order chi connectivity index (χ1) is 7.66. The molecule has 0 atom stereocenters. The lowest BCUT2D eigenvalue weighted by molar-refractivity contribution is -0.145. The molecule has 0 radical (unpaired) electrons. The molecule has 1 saturated heterocycles. The Labute approximate surface area is 95.9 Å². The molecule has 16 heavy (non-hydrogen) atoms. The summed E-state index contributed by atoms with van der Waals surface area (Å²) in [6.45, 7) is 5.38. The number of esters is 1. The van der Waals surface area contributed by atoms with Gasteiger partial charge in [0.15, 0.2) is 5.79 Å². The van der Waals surface area contributed by atoms with Crippen LogP contribution in [0.2, 0.25) is 0 Å². The Bertz CT molecular complexity index is 283. The molecule has 1 fully saturated rings. The van der Waals surface area contributed by atoms with Crippen LogP contribution >= 0.6 is 0 Å². The SMILES string of the molecule is CCOC(=O)C=C=CCCC1(C)OCCO1. The van der Waals surface area contributed by atoms with Gasteiger partial charge in [-0.2, -0.15) is 0 Å². The molecular formula is C12H18O4. The molecule has 1 rings (SSSR count). The summed E-state index contributed by atoms with van der Waals surface area (Å²) in [4.78, 5) is 10.9. The molecule has 1 heterocycles. The maximum absolute atomic E-state index is 10.9. The summed E-state index contributed by atoms with van der Waals surface area (Å²) in [5.41, 5.74) is 2.78. The van der Waals surface area contributed by atoms with Crippen LogP contribution in [0.1, 0.15) is 26.7 Å². The summed E-state index contributed by atoms with van der Waals surface area (Å²) in [6, 6.07) is 0. The van der Waals surface area contributed by atoms with Crippen LogP contribution in [0.15, 0.2) is 17.9 Å². The highest BCUT2D eigenvalue weighted by atomic mass is 16.7. The van der Waals surface area contributed by atoms with E-state index in [-0.39, 0.29) is 5.97 Å². The zero-order valence-corrected chi connectivity index (χ0v) is 9.82. The maximum Gasteiger partial charge on any atom is 0.338 e. The van der Waals surface area contributed by atoms with Crippen molar-refractivity contribution in [3.63, 3.8) is 0 Å². The zero-order chi connectivity index (χ0) is 11.9. The van der Waals surface area contributed by atoms with Crippen molar-refractivity contribution < 1.29 is 19.0 Å². The number of carbonyl (C=O) groups excluding carboxylic acids is 1.